The van der Waals surface area contributed by atoms with E-state index in [1.807, 2.05) is 31.2 Å². The van der Waals surface area contributed by atoms with Gasteiger partial charge in [-0.05, 0) is 18.6 Å². The van der Waals surface area contributed by atoms with Crippen LogP contribution in [0.1, 0.15) is 5.56 Å². The second-order valence-electron chi connectivity index (χ2n) is 4.97. The zero-order valence-electron chi connectivity index (χ0n) is 11.6. The molecule has 0 aliphatic carbocycles. The van der Waals surface area contributed by atoms with Gasteiger partial charge in [0.1, 0.15) is 0 Å². The van der Waals surface area contributed by atoms with E-state index in [0.717, 1.165) is 26.7 Å². The van der Waals surface area contributed by atoms with Gasteiger partial charge in [-0.25, -0.2) is 4.79 Å². The summed E-state index contributed by atoms with van der Waals surface area (Å²) in [6.45, 7) is 1.97. The lowest BCUT2D eigenvalue weighted by atomic mass is 10.1. The molecule has 0 unspecified atom stereocenters. The number of aromatic amines is 1. The van der Waals surface area contributed by atoms with Gasteiger partial charge in [0.2, 0.25) is 0 Å². The minimum absolute atomic E-state index is 0.289. The molecule has 2 heterocycles. The van der Waals surface area contributed by atoms with Gasteiger partial charge < -0.3 is 9.55 Å². The molecule has 0 saturated carbocycles. The van der Waals surface area contributed by atoms with Crippen molar-refractivity contribution in [2.45, 2.75) is 6.92 Å². The van der Waals surface area contributed by atoms with Crippen molar-refractivity contribution in [3.05, 3.63) is 56.9 Å². The summed E-state index contributed by atoms with van der Waals surface area (Å²) in [5.74, 6) is 0. The Balaban J connectivity index is 2.40. The summed E-state index contributed by atoms with van der Waals surface area (Å²) in [4.78, 5) is 27.3. The van der Waals surface area contributed by atoms with E-state index >= 15 is 0 Å². The minimum Gasteiger partial charge on any atom is -0.354 e. The third kappa shape index (κ3) is 1.63. The standard InChI is InChI=1S/C15H15N3O2/c1-9-10-6-4-5-7-12(10)16-13(9)11-8-17(2)15(20)18(3)14(11)19/h4-8,16H,1-3H3. The van der Waals surface area contributed by atoms with Gasteiger partial charge in [-0.3, -0.25) is 9.36 Å². The lowest BCUT2D eigenvalue weighted by Gasteiger charge is -2.06. The number of H-pyrrole nitrogens is 1. The van der Waals surface area contributed by atoms with Crippen LogP contribution in [0.2, 0.25) is 0 Å². The van der Waals surface area contributed by atoms with Gasteiger partial charge in [0.15, 0.2) is 0 Å². The molecule has 0 spiro atoms. The van der Waals surface area contributed by atoms with Crippen LogP contribution in [-0.2, 0) is 14.1 Å². The molecule has 0 fully saturated rings. The molecule has 0 saturated heterocycles. The van der Waals surface area contributed by atoms with Crippen LogP contribution in [0.4, 0.5) is 0 Å². The van der Waals surface area contributed by atoms with E-state index < -0.39 is 0 Å². The van der Waals surface area contributed by atoms with Crippen LogP contribution in [0, 0.1) is 6.92 Å². The average Bonchev–Trinajstić information content (AvgIpc) is 2.78. The molecule has 0 radical (unpaired) electrons. The van der Waals surface area contributed by atoms with Crippen molar-refractivity contribution in [3.8, 4) is 11.3 Å². The third-order valence-electron chi connectivity index (χ3n) is 3.68. The molecule has 3 rings (SSSR count). The molecular formula is C15H15N3O2. The first-order valence-corrected chi connectivity index (χ1v) is 6.35. The molecule has 102 valence electrons. The molecule has 0 bridgehead atoms. The molecule has 2 aromatic heterocycles. The molecule has 1 aromatic carbocycles. The zero-order valence-corrected chi connectivity index (χ0v) is 11.6. The van der Waals surface area contributed by atoms with Crippen LogP contribution in [0.15, 0.2) is 40.1 Å². The van der Waals surface area contributed by atoms with Gasteiger partial charge in [0.25, 0.3) is 5.56 Å². The maximum Gasteiger partial charge on any atom is 0.330 e. The van der Waals surface area contributed by atoms with Gasteiger partial charge in [-0.2, -0.15) is 0 Å². The van der Waals surface area contributed by atoms with Gasteiger partial charge >= 0.3 is 5.69 Å². The molecule has 3 aromatic rings. The summed E-state index contributed by atoms with van der Waals surface area (Å²) in [5.41, 5.74) is 2.65. The van der Waals surface area contributed by atoms with E-state index in [-0.39, 0.29) is 11.2 Å². The number of hydrogen-bond donors (Lipinski definition) is 1. The summed E-state index contributed by atoms with van der Waals surface area (Å²) in [5, 5.41) is 1.08. The fraction of sp³-hybridized carbons (Fsp3) is 0.200. The number of nitrogens with zero attached hydrogens (tertiary/aromatic N) is 2. The van der Waals surface area contributed by atoms with E-state index in [4.69, 9.17) is 0 Å². The Morgan fingerprint density at radius 2 is 1.80 bits per heavy atom. The minimum atomic E-state index is -0.326. The Morgan fingerprint density at radius 3 is 2.50 bits per heavy atom. The number of benzene rings is 1. The molecule has 5 heteroatoms. The van der Waals surface area contributed by atoms with Crippen molar-refractivity contribution in [2.24, 2.45) is 14.1 Å². The quantitative estimate of drug-likeness (QED) is 0.728. The van der Waals surface area contributed by atoms with E-state index in [0.29, 0.717) is 5.56 Å². The smallest absolute Gasteiger partial charge is 0.330 e. The number of fused-ring (bicyclic) bond motifs is 1. The topological polar surface area (TPSA) is 59.8 Å². The highest BCUT2D eigenvalue weighted by Gasteiger charge is 2.14. The fourth-order valence-corrected chi connectivity index (χ4v) is 2.53. The molecular weight excluding hydrogens is 254 g/mol. The summed E-state index contributed by atoms with van der Waals surface area (Å²) in [7, 11) is 3.13. The van der Waals surface area contributed by atoms with E-state index in [2.05, 4.69) is 4.98 Å². The van der Waals surface area contributed by atoms with Crippen molar-refractivity contribution in [1.29, 1.82) is 0 Å². The average molecular weight is 269 g/mol. The second-order valence-corrected chi connectivity index (χ2v) is 4.97. The largest absolute Gasteiger partial charge is 0.354 e. The van der Waals surface area contributed by atoms with E-state index in [1.165, 1.54) is 11.6 Å². The molecule has 0 atom stereocenters. The molecule has 0 aliphatic rings. The Hall–Kier alpha value is -2.56. The second kappa shape index (κ2) is 4.23. The van der Waals surface area contributed by atoms with Crippen molar-refractivity contribution in [3.63, 3.8) is 0 Å². The molecule has 0 amide bonds. The Morgan fingerprint density at radius 1 is 1.10 bits per heavy atom. The third-order valence-corrected chi connectivity index (χ3v) is 3.68. The van der Waals surface area contributed by atoms with Gasteiger partial charge in [0, 0.05) is 31.2 Å². The van der Waals surface area contributed by atoms with Gasteiger partial charge in [0.05, 0.1) is 11.3 Å². The van der Waals surface area contributed by atoms with Crippen molar-refractivity contribution >= 4 is 10.9 Å². The number of nitrogens with one attached hydrogen (secondary N) is 1. The molecule has 5 nitrogen and oxygen atoms in total. The first kappa shape index (κ1) is 12.5. The molecule has 20 heavy (non-hydrogen) atoms. The normalized spacial score (nSPS) is 11.2. The van der Waals surface area contributed by atoms with Crippen LogP contribution < -0.4 is 11.2 Å². The summed E-state index contributed by atoms with van der Waals surface area (Å²) < 4.78 is 2.54. The van der Waals surface area contributed by atoms with Crippen molar-refractivity contribution < 1.29 is 0 Å². The van der Waals surface area contributed by atoms with Crippen LogP contribution in [0.5, 0.6) is 0 Å². The number of rotatable bonds is 1. The highest BCUT2D eigenvalue weighted by molar-refractivity contribution is 5.90. The maximum atomic E-state index is 12.3. The maximum absolute atomic E-state index is 12.3. The number of aryl methyl sites for hydroxylation is 2. The number of aromatic nitrogens is 3. The first-order chi connectivity index (χ1) is 9.50. The van der Waals surface area contributed by atoms with Gasteiger partial charge in [-0.1, -0.05) is 18.2 Å². The van der Waals surface area contributed by atoms with Crippen molar-refractivity contribution in [2.75, 3.05) is 0 Å². The summed E-state index contributed by atoms with van der Waals surface area (Å²) in [6, 6.07) is 7.89. The first-order valence-electron chi connectivity index (χ1n) is 6.35. The number of para-hydroxylation sites is 1. The Bertz CT molecular complexity index is 928. The predicted molar refractivity (Wildman–Crippen MR) is 79.0 cm³/mol. The van der Waals surface area contributed by atoms with E-state index in [1.54, 1.807) is 13.2 Å². The predicted octanol–water partition coefficient (Wildman–Crippen LogP) is 1.54. The highest BCUT2D eigenvalue weighted by atomic mass is 16.2. The van der Waals surface area contributed by atoms with Crippen LogP contribution in [0.25, 0.3) is 22.2 Å². The highest BCUT2D eigenvalue weighted by Crippen LogP contribution is 2.27. The lowest BCUT2D eigenvalue weighted by molar-refractivity contribution is 0.688. The van der Waals surface area contributed by atoms with Gasteiger partial charge in [-0.15, -0.1) is 0 Å². The fourth-order valence-electron chi connectivity index (χ4n) is 2.53. The SMILES string of the molecule is Cc1c(-c2cn(C)c(=O)n(C)c2=O)[nH]c2ccccc12. The van der Waals surface area contributed by atoms with Crippen LogP contribution in [0.3, 0.4) is 0 Å². The summed E-state index contributed by atoms with van der Waals surface area (Å²) in [6.07, 6.45) is 1.59. The lowest BCUT2D eigenvalue weighted by Crippen LogP contribution is -2.37. The van der Waals surface area contributed by atoms with Crippen molar-refractivity contribution in [1.82, 2.24) is 14.1 Å². The Labute approximate surface area is 115 Å². The molecule has 1 N–H and O–H groups in total. The van der Waals surface area contributed by atoms with E-state index in [9.17, 15) is 9.59 Å². The molecule has 0 aliphatic heterocycles. The monoisotopic (exact) mass is 269 g/mol. The zero-order chi connectivity index (χ0) is 14.4. The number of hydrogen-bond acceptors (Lipinski definition) is 2. The summed E-state index contributed by atoms with van der Waals surface area (Å²) >= 11 is 0. The van der Waals surface area contributed by atoms with Crippen LogP contribution >= 0.6 is 0 Å². The Kier molecular flexibility index (Phi) is 2.64. The van der Waals surface area contributed by atoms with Crippen LogP contribution in [-0.4, -0.2) is 14.1 Å².